The molecule has 2 heterocycles. The third-order valence-corrected chi connectivity index (χ3v) is 6.82. The maximum absolute atomic E-state index is 14.2. The molecule has 11 heteroatoms. The second-order valence-corrected chi connectivity index (χ2v) is 9.45. The van der Waals surface area contributed by atoms with Gasteiger partial charge in [0.15, 0.2) is 11.5 Å². The molecule has 0 unspecified atom stereocenters. The Kier molecular flexibility index (Phi) is 6.44. The predicted octanol–water partition coefficient (Wildman–Crippen LogP) is 4.60. The number of likely N-dealkylation sites (tertiary alicyclic amines) is 1. The summed E-state index contributed by atoms with van der Waals surface area (Å²) in [5, 5.41) is 4.03. The lowest BCUT2D eigenvalue weighted by Crippen LogP contribution is -2.26. The molecule has 0 atom stereocenters. The molecule has 3 aromatic rings. The molecule has 1 aromatic heterocycles. The van der Waals surface area contributed by atoms with Crippen molar-refractivity contribution in [2.45, 2.75) is 30.5 Å². The summed E-state index contributed by atoms with van der Waals surface area (Å²) < 4.78 is 84.9. The van der Waals surface area contributed by atoms with Gasteiger partial charge in [0.05, 0.1) is 17.0 Å². The molecule has 4 rings (SSSR count). The molecule has 0 spiro atoms. The van der Waals surface area contributed by atoms with E-state index in [-0.39, 0.29) is 17.0 Å². The Balaban J connectivity index is 1.82. The van der Waals surface area contributed by atoms with Crippen molar-refractivity contribution in [3.63, 3.8) is 0 Å². The topological polar surface area (TPSA) is 67.2 Å². The fourth-order valence-electron chi connectivity index (χ4n) is 3.90. The van der Waals surface area contributed by atoms with E-state index in [1.54, 1.807) is 6.07 Å². The first-order chi connectivity index (χ1) is 15.6. The summed E-state index contributed by atoms with van der Waals surface area (Å²) in [6.07, 6.45) is -2.86. The maximum atomic E-state index is 14.2. The van der Waals surface area contributed by atoms with E-state index in [4.69, 9.17) is 0 Å². The number of benzene rings is 2. The van der Waals surface area contributed by atoms with Gasteiger partial charge in [0.1, 0.15) is 5.82 Å². The molecular weight excluding hydrogens is 460 g/mol. The molecule has 1 N–H and O–H groups in total. The Morgan fingerprint density at radius 1 is 0.939 bits per heavy atom. The molecule has 1 fully saturated rings. The van der Waals surface area contributed by atoms with Crippen LogP contribution in [0.25, 0.3) is 11.1 Å². The quantitative estimate of drug-likeness (QED) is 0.500. The van der Waals surface area contributed by atoms with E-state index in [9.17, 15) is 26.0 Å². The van der Waals surface area contributed by atoms with Gasteiger partial charge in [0.25, 0.3) is 10.0 Å². The van der Waals surface area contributed by atoms with Crippen molar-refractivity contribution in [2.24, 2.45) is 0 Å². The molecule has 0 saturated carbocycles. The number of aromatic nitrogens is 2. The summed E-state index contributed by atoms with van der Waals surface area (Å²) in [6, 6.07) is 11.7. The molecule has 176 valence electrons. The zero-order valence-corrected chi connectivity index (χ0v) is 18.3. The third kappa shape index (κ3) is 5.19. The fourth-order valence-corrected chi connectivity index (χ4v) is 4.93. The van der Waals surface area contributed by atoms with E-state index in [0.717, 1.165) is 42.7 Å². The molecule has 0 aliphatic carbocycles. The Morgan fingerprint density at radius 3 is 2.18 bits per heavy atom. The minimum atomic E-state index is -4.82. The second-order valence-electron chi connectivity index (χ2n) is 7.77. The Hall–Kier alpha value is -2.92. The van der Waals surface area contributed by atoms with Crippen LogP contribution >= 0.6 is 0 Å². The number of hydrogen-bond donors (Lipinski definition) is 1. The molecule has 0 bridgehead atoms. The Bertz CT molecular complexity index is 1200. The predicted molar refractivity (Wildman–Crippen MR) is 116 cm³/mol. The van der Waals surface area contributed by atoms with Gasteiger partial charge in [-0.15, -0.1) is 0 Å². The fraction of sp³-hybridized carbons (Fsp3) is 0.318. The first-order valence-electron chi connectivity index (χ1n) is 10.4. The van der Waals surface area contributed by atoms with Crippen LogP contribution in [0.15, 0.2) is 59.5 Å². The van der Waals surface area contributed by atoms with E-state index in [2.05, 4.69) is 9.82 Å². The second kappa shape index (κ2) is 9.14. The highest BCUT2D eigenvalue weighted by atomic mass is 32.2. The van der Waals surface area contributed by atoms with E-state index in [1.807, 2.05) is 4.90 Å². The lowest BCUT2D eigenvalue weighted by molar-refractivity contribution is -0.143. The largest absolute Gasteiger partial charge is 0.433 e. The van der Waals surface area contributed by atoms with Crippen molar-refractivity contribution in [3.05, 3.63) is 66.1 Å². The summed E-state index contributed by atoms with van der Waals surface area (Å²) in [4.78, 5) is 1.92. The van der Waals surface area contributed by atoms with Crippen LogP contribution in [-0.4, -0.2) is 42.7 Å². The maximum Gasteiger partial charge on any atom is 0.433 e. The van der Waals surface area contributed by atoms with Crippen LogP contribution in [0.2, 0.25) is 0 Å². The molecule has 1 aliphatic heterocycles. The number of alkyl halides is 3. The zero-order valence-electron chi connectivity index (χ0n) is 17.5. The van der Waals surface area contributed by atoms with Crippen molar-refractivity contribution in [2.75, 3.05) is 24.4 Å². The van der Waals surface area contributed by atoms with Crippen molar-refractivity contribution in [3.8, 4) is 11.1 Å². The van der Waals surface area contributed by atoms with Crippen LogP contribution < -0.4 is 4.72 Å². The van der Waals surface area contributed by atoms with Gasteiger partial charge in [0, 0.05) is 6.54 Å². The van der Waals surface area contributed by atoms with E-state index in [1.165, 1.54) is 36.4 Å². The summed E-state index contributed by atoms with van der Waals surface area (Å²) in [6.45, 7) is 1.86. The Morgan fingerprint density at radius 2 is 1.58 bits per heavy atom. The van der Waals surface area contributed by atoms with Crippen LogP contribution in [0, 0.1) is 5.82 Å². The minimum Gasteiger partial charge on any atom is -0.301 e. The monoisotopic (exact) mass is 482 g/mol. The van der Waals surface area contributed by atoms with Crippen LogP contribution in [-0.2, 0) is 22.7 Å². The molecule has 1 saturated heterocycles. The number of rotatable bonds is 7. The van der Waals surface area contributed by atoms with Crippen molar-refractivity contribution >= 4 is 15.8 Å². The number of nitrogens with one attached hydrogen (secondary N) is 1. The highest BCUT2D eigenvalue weighted by molar-refractivity contribution is 7.92. The number of hydrogen-bond acceptors (Lipinski definition) is 4. The zero-order chi connectivity index (χ0) is 23.6. The summed E-state index contributed by atoms with van der Waals surface area (Å²) in [7, 11) is -4.21. The van der Waals surface area contributed by atoms with E-state index < -0.39 is 39.1 Å². The van der Waals surface area contributed by atoms with E-state index in [0.29, 0.717) is 6.54 Å². The van der Waals surface area contributed by atoms with Gasteiger partial charge in [-0.05, 0) is 55.8 Å². The number of anilines is 1. The normalized spacial score (nSPS) is 15.2. The summed E-state index contributed by atoms with van der Waals surface area (Å²) in [5.41, 5.74) is -1.52. The average molecular weight is 483 g/mol. The number of sulfonamides is 1. The molecule has 33 heavy (non-hydrogen) atoms. The van der Waals surface area contributed by atoms with Crippen molar-refractivity contribution in [1.82, 2.24) is 14.7 Å². The van der Waals surface area contributed by atoms with Crippen molar-refractivity contribution in [1.29, 1.82) is 0 Å². The van der Waals surface area contributed by atoms with Gasteiger partial charge in [-0.25, -0.2) is 12.8 Å². The smallest absolute Gasteiger partial charge is 0.301 e. The van der Waals surface area contributed by atoms with Gasteiger partial charge in [0.2, 0.25) is 0 Å². The molecular formula is C22H22F4N4O2S. The van der Waals surface area contributed by atoms with Crippen LogP contribution in [0.5, 0.6) is 0 Å². The van der Waals surface area contributed by atoms with Gasteiger partial charge in [-0.2, -0.15) is 18.3 Å². The first-order valence-corrected chi connectivity index (χ1v) is 11.9. The molecule has 1 aliphatic rings. The van der Waals surface area contributed by atoms with Crippen LogP contribution in [0.3, 0.4) is 0 Å². The van der Waals surface area contributed by atoms with Crippen LogP contribution in [0.4, 0.5) is 23.4 Å². The first kappa shape index (κ1) is 23.2. The summed E-state index contributed by atoms with van der Waals surface area (Å²) in [5.74, 6) is -1.08. The van der Waals surface area contributed by atoms with Gasteiger partial charge in [-0.3, -0.25) is 9.40 Å². The van der Waals surface area contributed by atoms with Gasteiger partial charge < -0.3 is 4.90 Å². The highest BCUT2D eigenvalue weighted by Crippen LogP contribution is 2.42. The standard InChI is InChI=1S/C22H22F4N4O2S/c23-17-10-8-16(9-11-17)19-20(22(24,25)26)30(15-14-29-12-4-5-13-29)27-21(19)28-33(31,32)18-6-2-1-3-7-18/h1-3,6-11H,4-5,12-15H2,(H,27,28). The SMILES string of the molecule is O=S(=O)(Nc1nn(CCN2CCCC2)c(C(F)(F)F)c1-c1ccc(F)cc1)c1ccccc1. The Labute approximate surface area is 188 Å². The molecule has 0 radical (unpaired) electrons. The molecule has 0 amide bonds. The van der Waals surface area contributed by atoms with Crippen molar-refractivity contribution < 1.29 is 26.0 Å². The molecule has 6 nitrogen and oxygen atoms in total. The lowest BCUT2D eigenvalue weighted by Gasteiger charge is -2.17. The van der Waals surface area contributed by atoms with Gasteiger partial charge in [-0.1, -0.05) is 30.3 Å². The third-order valence-electron chi connectivity index (χ3n) is 5.47. The van der Waals surface area contributed by atoms with E-state index >= 15 is 0 Å². The minimum absolute atomic E-state index is 0.00177. The lowest BCUT2D eigenvalue weighted by atomic mass is 10.0. The van der Waals surface area contributed by atoms with Gasteiger partial charge >= 0.3 is 6.18 Å². The highest BCUT2D eigenvalue weighted by Gasteiger charge is 2.41. The van der Waals surface area contributed by atoms with Crippen LogP contribution in [0.1, 0.15) is 18.5 Å². The molecule has 2 aromatic carbocycles. The number of halogens is 4. The average Bonchev–Trinajstić information content (AvgIpc) is 3.41. The summed E-state index contributed by atoms with van der Waals surface area (Å²) >= 11 is 0. The number of nitrogens with zero attached hydrogens (tertiary/aromatic N) is 3.